The van der Waals surface area contributed by atoms with E-state index >= 15 is 0 Å². The lowest BCUT2D eigenvalue weighted by Gasteiger charge is -2.31. The standard InChI is InChI=1S/C16H21ClN2O2/c17-12-4-1-5-13(10-12)18-11-15(20)19-14-6-2-7-16(14)8-3-9-21-16/h1,4-5,10,14,18H,2-3,6-9,11H2,(H,19,20)/t14-,16+/m1/s1. The molecular formula is C16H21ClN2O2. The summed E-state index contributed by atoms with van der Waals surface area (Å²) < 4.78 is 5.94. The number of ether oxygens (including phenoxy) is 1. The van der Waals surface area contributed by atoms with E-state index in [1.165, 1.54) is 0 Å². The summed E-state index contributed by atoms with van der Waals surface area (Å²) in [5.74, 6) is 0.0109. The lowest BCUT2D eigenvalue weighted by molar-refractivity contribution is -0.122. The third-order valence-electron chi connectivity index (χ3n) is 4.47. The molecule has 3 rings (SSSR count). The van der Waals surface area contributed by atoms with E-state index in [1.807, 2.05) is 24.3 Å². The van der Waals surface area contributed by atoms with Gasteiger partial charge >= 0.3 is 0 Å². The van der Waals surface area contributed by atoms with E-state index in [0.29, 0.717) is 5.02 Å². The molecule has 2 fully saturated rings. The number of amides is 1. The zero-order valence-corrected chi connectivity index (χ0v) is 12.8. The number of benzene rings is 1. The fraction of sp³-hybridized carbons (Fsp3) is 0.562. The Hall–Kier alpha value is -1.26. The highest BCUT2D eigenvalue weighted by Crippen LogP contribution is 2.41. The molecule has 1 aromatic carbocycles. The summed E-state index contributed by atoms with van der Waals surface area (Å²) in [6, 6.07) is 7.55. The summed E-state index contributed by atoms with van der Waals surface area (Å²) in [4.78, 5) is 12.1. The second kappa shape index (κ2) is 6.24. The Balaban J connectivity index is 1.52. The Bertz CT molecular complexity index is 509. The highest BCUT2D eigenvalue weighted by atomic mass is 35.5. The van der Waals surface area contributed by atoms with Gasteiger partial charge in [-0.15, -0.1) is 0 Å². The molecular weight excluding hydrogens is 288 g/mol. The fourth-order valence-electron chi connectivity index (χ4n) is 3.46. The first-order chi connectivity index (χ1) is 10.2. The van der Waals surface area contributed by atoms with Crippen LogP contribution in [0.4, 0.5) is 5.69 Å². The molecule has 5 heteroatoms. The molecule has 0 aromatic heterocycles. The van der Waals surface area contributed by atoms with Crippen molar-refractivity contribution in [1.82, 2.24) is 5.32 Å². The number of halogens is 1. The third kappa shape index (κ3) is 3.33. The average molecular weight is 309 g/mol. The summed E-state index contributed by atoms with van der Waals surface area (Å²) in [5.41, 5.74) is 0.766. The van der Waals surface area contributed by atoms with E-state index in [1.54, 1.807) is 0 Å². The molecule has 1 aromatic rings. The second-order valence-corrected chi connectivity index (χ2v) is 6.33. The zero-order chi connectivity index (χ0) is 14.7. The Morgan fingerprint density at radius 1 is 1.38 bits per heavy atom. The van der Waals surface area contributed by atoms with Crippen LogP contribution in [0.25, 0.3) is 0 Å². The van der Waals surface area contributed by atoms with Gasteiger partial charge in [-0.2, -0.15) is 0 Å². The van der Waals surface area contributed by atoms with Crippen molar-refractivity contribution in [3.8, 4) is 0 Å². The quantitative estimate of drug-likeness (QED) is 0.899. The number of hydrogen-bond donors (Lipinski definition) is 2. The Morgan fingerprint density at radius 3 is 3.00 bits per heavy atom. The van der Waals surface area contributed by atoms with E-state index in [0.717, 1.165) is 44.4 Å². The van der Waals surface area contributed by atoms with Crippen molar-refractivity contribution in [3.05, 3.63) is 29.3 Å². The SMILES string of the molecule is O=C(CNc1cccc(Cl)c1)N[C@@H]1CCC[C@]12CCCO2. The average Bonchev–Trinajstić information content (AvgIpc) is 3.09. The molecule has 1 spiro atoms. The van der Waals surface area contributed by atoms with Crippen LogP contribution in [0.5, 0.6) is 0 Å². The normalized spacial score (nSPS) is 28.0. The van der Waals surface area contributed by atoms with Crippen molar-refractivity contribution >= 4 is 23.2 Å². The van der Waals surface area contributed by atoms with Crippen LogP contribution in [-0.4, -0.2) is 30.7 Å². The van der Waals surface area contributed by atoms with Gasteiger partial charge in [-0.25, -0.2) is 0 Å². The Morgan fingerprint density at radius 2 is 2.24 bits per heavy atom. The minimum Gasteiger partial charge on any atom is -0.376 e. The number of carbonyl (C=O) groups excluding carboxylic acids is 1. The van der Waals surface area contributed by atoms with Gasteiger partial charge in [-0.1, -0.05) is 17.7 Å². The smallest absolute Gasteiger partial charge is 0.239 e. The summed E-state index contributed by atoms with van der Waals surface area (Å²) >= 11 is 5.92. The van der Waals surface area contributed by atoms with Crippen LogP contribution in [-0.2, 0) is 9.53 Å². The number of nitrogens with one attached hydrogen (secondary N) is 2. The van der Waals surface area contributed by atoms with E-state index < -0.39 is 0 Å². The van der Waals surface area contributed by atoms with E-state index in [-0.39, 0.29) is 24.1 Å². The van der Waals surface area contributed by atoms with Gasteiger partial charge in [0.25, 0.3) is 0 Å². The van der Waals surface area contributed by atoms with Crippen molar-refractivity contribution in [3.63, 3.8) is 0 Å². The molecule has 4 nitrogen and oxygen atoms in total. The van der Waals surface area contributed by atoms with Crippen LogP contribution in [0.3, 0.4) is 0 Å². The van der Waals surface area contributed by atoms with Crippen LogP contribution in [0.15, 0.2) is 24.3 Å². The highest BCUT2D eigenvalue weighted by Gasteiger charge is 2.46. The monoisotopic (exact) mass is 308 g/mol. The topological polar surface area (TPSA) is 50.4 Å². The van der Waals surface area contributed by atoms with Gasteiger partial charge < -0.3 is 15.4 Å². The maximum Gasteiger partial charge on any atom is 0.239 e. The lowest BCUT2D eigenvalue weighted by Crippen LogP contribution is -2.50. The Labute approximate surface area is 130 Å². The van der Waals surface area contributed by atoms with Crippen molar-refractivity contribution in [2.75, 3.05) is 18.5 Å². The van der Waals surface area contributed by atoms with Crippen LogP contribution < -0.4 is 10.6 Å². The second-order valence-electron chi connectivity index (χ2n) is 5.89. The molecule has 21 heavy (non-hydrogen) atoms. The molecule has 0 bridgehead atoms. The number of anilines is 1. The van der Waals surface area contributed by atoms with E-state index in [9.17, 15) is 4.79 Å². The predicted octanol–water partition coefficient (Wildman–Crippen LogP) is 2.97. The molecule has 0 radical (unpaired) electrons. The van der Waals surface area contributed by atoms with Crippen LogP contribution >= 0.6 is 11.6 Å². The van der Waals surface area contributed by atoms with E-state index in [4.69, 9.17) is 16.3 Å². The summed E-state index contributed by atoms with van der Waals surface area (Å²) in [7, 11) is 0. The minimum atomic E-state index is -0.0916. The van der Waals surface area contributed by atoms with E-state index in [2.05, 4.69) is 10.6 Å². The molecule has 0 unspecified atom stereocenters. The molecule has 2 aliphatic rings. The molecule has 1 aliphatic heterocycles. The molecule has 2 atom stereocenters. The molecule has 1 aliphatic carbocycles. The van der Waals surface area contributed by atoms with Gasteiger partial charge in [0.15, 0.2) is 0 Å². The van der Waals surface area contributed by atoms with Gasteiger partial charge in [0, 0.05) is 17.3 Å². The first kappa shape index (κ1) is 14.7. The third-order valence-corrected chi connectivity index (χ3v) is 4.71. The largest absolute Gasteiger partial charge is 0.376 e. The number of carbonyl (C=O) groups is 1. The maximum absolute atomic E-state index is 12.1. The molecule has 114 valence electrons. The van der Waals surface area contributed by atoms with Gasteiger partial charge in [0.1, 0.15) is 0 Å². The zero-order valence-electron chi connectivity index (χ0n) is 12.0. The number of hydrogen-bond acceptors (Lipinski definition) is 3. The Kier molecular flexibility index (Phi) is 4.36. The molecule has 2 N–H and O–H groups in total. The minimum absolute atomic E-state index is 0.0109. The van der Waals surface area contributed by atoms with Crippen molar-refractivity contribution in [1.29, 1.82) is 0 Å². The van der Waals surface area contributed by atoms with Crippen molar-refractivity contribution < 1.29 is 9.53 Å². The van der Waals surface area contributed by atoms with Crippen molar-refractivity contribution in [2.45, 2.75) is 43.7 Å². The fourth-order valence-corrected chi connectivity index (χ4v) is 3.65. The maximum atomic E-state index is 12.1. The highest BCUT2D eigenvalue weighted by molar-refractivity contribution is 6.30. The van der Waals surface area contributed by atoms with Gasteiger partial charge in [-0.3, -0.25) is 4.79 Å². The van der Waals surface area contributed by atoms with Crippen molar-refractivity contribution in [2.24, 2.45) is 0 Å². The van der Waals surface area contributed by atoms with Gasteiger partial charge in [0.2, 0.25) is 5.91 Å². The first-order valence-corrected chi connectivity index (χ1v) is 7.99. The molecule has 1 saturated carbocycles. The molecule has 1 heterocycles. The number of rotatable bonds is 4. The summed E-state index contributed by atoms with van der Waals surface area (Å²) in [6.45, 7) is 1.08. The molecule has 1 amide bonds. The van der Waals surface area contributed by atoms with Crippen LogP contribution in [0, 0.1) is 0 Å². The lowest BCUT2D eigenvalue weighted by atomic mass is 9.94. The predicted molar refractivity (Wildman–Crippen MR) is 83.6 cm³/mol. The van der Waals surface area contributed by atoms with Crippen LogP contribution in [0.1, 0.15) is 32.1 Å². The van der Waals surface area contributed by atoms with Crippen LogP contribution in [0.2, 0.25) is 5.02 Å². The van der Waals surface area contributed by atoms with Gasteiger partial charge in [0.05, 0.1) is 18.2 Å². The molecule has 1 saturated heterocycles. The first-order valence-electron chi connectivity index (χ1n) is 7.61. The summed E-state index contributed by atoms with van der Waals surface area (Å²) in [6.07, 6.45) is 5.39. The van der Waals surface area contributed by atoms with Gasteiger partial charge in [-0.05, 0) is 50.3 Å². The summed E-state index contributed by atoms with van der Waals surface area (Å²) in [5, 5.41) is 6.90.